The van der Waals surface area contributed by atoms with E-state index in [2.05, 4.69) is 46.8 Å². The first-order valence-electron chi connectivity index (χ1n) is 18.4. The van der Waals surface area contributed by atoms with Gasteiger partial charge in [-0.15, -0.1) is 0 Å². The predicted molar refractivity (Wildman–Crippen MR) is 242 cm³/mol. The fourth-order valence-electron chi connectivity index (χ4n) is 6.75. The van der Waals surface area contributed by atoms with Gasteiger partial charge in [-0.2, -0.15) is 0 Å². The molecule has 3 atom stereocenters. The van der Waals surface area contributed by atoms with Crippen LogP contribution in [0.2, 0.25) is 4.34 Å². The van der Waals surface area contributed by atoms with Crippen molar-refractivity contribution < 1.29 is 28.6 Å². The van der Waals surface area contributed by atoms with Crippen LogP contribution in [-0.4, -0.2) is 50.5 Å². The van der Waals surface area contributed by atoms with Crippen molar-refractivity contribution in [3.63, 3.8) is 0 Å². The molecule has 0 saturated carbocycles. The average molecular weight is 946 g/mol. The predicted octanol–water partition coefficient (Wildman–Crippen LogP) is 10.4. The Balaban J connectivity index is 1.52. The van der Waals surface area contributed by atoms with E-state index in [1.54, 1.807) is 36.4 Å². The number of amides is 3. The van der Waals surface area contributed by atoms with Crippen molar-refractivity contribution in [2.75, 3.05) is 16.0 Å². The summed E-state index contributed by atoms with van der Waals surface area (Å²) in [4.78, 5) is 59.6. The standard InChI is InChI=1S/C43H38BrClN6O6S3/c1-22-11-23(2)15-28(14-22)55-35(37(52)49-40-47-21-34(45)60-40)43(39(54)51-41-46-20-33(44)59-41,57-30-18-26(5)13-27(6)19-30)36(56-29-16-24(3)12-25(4)17-29)38(53)50-42-48-31-9-7-8-10-32(31)58-42/h7-21,35-36H,1-6H3,(H,46,51,54)(H,47,49,52)(H,48,50,53). The number of rotatable bonds is 14. The first-order valence-corrected chi connectivity index (χ1v) is 22.0. The van der Waals surface area contributed by atoms with E-state index in [4.69, 9.17) is 25.8 Å². The molecule has 3 heterocycles. The number of nitrogens with one attached hydrogen (secondary N) is 3. The first-order chi connectivity index (χ1) is 28.6. The summed E-state index contributed by atoms with van der Waals surface area (Å²) >= 11 is 13.0. The summed E-state index contributed by atoms with van der Waals surface area (Å²) < 4.78 is 22.2. The fourth-order valence-corrected chi connectivity index (χ4v) is 9.53. The molecule has 3 unspecified atom stereocenters. The lowest BCUT2D eigenvalue weighted by molar-refractivity contribution is -0.166. The van der Waals surface area contributed by atoms with Crippen LogP contribution in [0.15, 0.2) is 95.0 Å². The van der Waals surface area contributed by atoms with Crippen LogP contribution in [0.4, 0.5) is 15.4 Å². The number of thiazole rings is 3. The Morgan fingerprint density at radius 2 is 1.12 bits per heavy atom. The third-order valence-corrected chi connectivity index (χ3v) is 12.3. The molecule has 3 amide bonds. The van der Waals surface area contributed by atoms with Crippen molar-refractivity contribution >= 4 is 105 Å². The normalized spacial score (nSPS) is 13.2. The SMILES string of the molecule is Cc1cc(C)cc(OC(C(=O)Nc2ncc(Cl)s2)C(Oc2cc(C)cc(C)c2)(C(=O)Nc2ncc(Br)s2)C(Oc2cc(C)cc(C)c2)C(=O)Nc2nc3ccccc3s2)c1. The lowest BCUT2D eigenvalue weighted by atomic mass is 9.86. The summed E-state index contributed by atoms with van der Waals surface area (Å²) in [7, 11) is 0. The van der Waals surface area contributed by atoms with Gasteiger partial charge in [-0.25, -0.2) is 15.0 Å². The zero-order valence-corrected chi connectivity index (χ0v) is 37.9. The van der Waals surface area contributed by atoms with Crippen LogP contribution >= 0.6 is 61.5 Å². The fraction of sp³-hybridized carbons (Fsp3) is 0.209. The number of hydrogen-bond acceptors (Lipinski definition) is 12. The second-order valence-electron chi connectivity index (χ2n) is 14.2. The molecule has 0 aliphatic carbocycles. The van der Waals surface area contributed by atoms with E-state index in [0.29, 0.717) is 13.6 Å². The lowest BCUT2D eigenvalue weighted by Gasteiger charge is -2.42. The van der Waals surface area contributed by atoms with Gasteiger partial charge in [0.2, 0.25) is 12.2 Å². The molecule has 3 aromatic heterocycles. The second kappa shape index (κ2) is 18.1. The highest BCUT2D eigenvalue weighted by Gasteiger charge is 2.64. The molecular weight excluding hydrogens is 908 g/mol. The number of carbonyl (C=O) groups excluding carboxylic acids is 3. The van der Waals surface area contributed by atoms with Crippen LogP contribution in [0.1, 0.15) is 33.4 Å². The third-order valence-electron chi connectivity index (χ3n) is 8.92. The van der Waals surface area contributed by atoms with Crippen molar-refractivity contribution in [3.05, 3.63) is 133 Å². The number of carbonyl (C=O) groups is 3. The maximum absolute atomic E-state index is 15.8. The van der Waals surface area contributed by atoms with Crippen molar-refractivity contribution in [2.24, 2.45) is 0 Å². The molecule has 0 saturated heterocycles. The van der Waals surface area contributed by atoms with Crippen molar-refractivity contribution in [1.82, 2.24) is 15.0 Å². The Kier molecular flexibility index (Phi) is 12.9. The summed E-state index contributed by atoms with van der Waals surface area (Å²) in [6.45, 7) is 11.2. The molecule has 0 radical (unpaired) electrons. The zero-order chi connectivity index (χ0) is 42.7. The number of benzene rings is 4. The van der Waals surface area contributed by atoms with E-state index in [0.717, 1.165) is 60.8 Å². The van der Waals surface area contributed by atoms with Crippen LogP contribution in [-0.2, 0) is 14.4 Å². The zero-order valence-electron chi connectivity index (χ0n) is 33.1. The Morgan fingerprint density at radius 1 is 0.633 bits per heavy atom. The minimum atomic E-state index is -2.72. The number of hydrogen-bond donors (Lipinski definition) is 3. The van der Waals surface area contributed by atoms with E-state index in [-0.39, 0.29) is 32.6 Å². The van der Waals surface area contributed by atoms with Crippen molar-refractivity contribution in [1.29, 1.82) is 0 Å². The van der Waals surface area contributed by atoms with Crippen molar-refractivity contribution in [3.8, 4) is 17.2 Å². The molecule has 60 heavy (non-hydrogen) atoms. The van der Waals surface area contributed by atoms with Gasteiger partial charge in [0.25, 0.3) is 23.3 Å². The number of halogens is 2. The van der Waals surface area contributed by atoms with Gasteiger partial charge in [0.1, 0.15) is 21.6 Å². The maximum atomic E-state index is 15.8. The Morgan fingerprint density at radius 3 is 1.60 bits per heavy atom. The molecule has 308 valence electrons. The average Bonchev–Trinajstić information content (AvgIpc) is 3.89. The molecule has 0 spiro atoms. The van der Waals surface area contributed by atoms with E-state index >= 15 is 14.4 Å². The monoisotopic (exact) mass is 944 g/mol. The van der Waals surface area contributed by atoms with Crippen LogP contribution in [0.3, 0.4) is 0 Å². The number of aryl methyl sites for hydroxylation is 6. The van der Waals surface area contributed by atoms with Crippen LogP contribution in [0.25, 0.3) is 10.2 Å². The smallest absolute Gasteiger partial charge is 0.279 e. The molecule has 3 N–H and O–H groups in total. The molecule has 4 aromatic carbocycles. The van der Waals surface area contributed by atoms with Gasteiger partial charge in [-0.05, 0) is 139 Å². The van der Waals surface area contributed by atoms with Crippen molar-refractivity contribution in [2.45, 2.75) is 59.4 Å². The molecule has 0 aliphatic heterocycles. The Bertz CT molecular complexity index is 2640. The van der Waals surface area contributed by atoms with Crippen LogP contribution < -0.4 is 30.2 Å². The molecular formula is C43H38BrClN6O6S3. The number of fused-ring (bicyclic) bond motifs is 1. The number of anilines is 3. The maximum Gasteiger partial charge on any atom is 0.279 e. The third kappa shape index (κ3) is 9.96. The van der Waals surface area contributed by atoms with E-state index < -0.39 is 35.5 Å². The summed E-state index contributed by atoms with van der Waals surface area (Å²) in [6, 6.07) is 23.5. The Hall–Kier alpha value is -5.39. The molecule has 12 nitrogen and oxygen atoms in total. The first kappa shape index (κ1) is 42.7. The molecule has 0 aliphatic rings. The van der Waals surface area contributed by atoms with Gasteiger partial charge in [0.15, 0.2) is 15.4 Å². The van der Waals surface area contributed by atoms with Gasteiger partial charge in [0.05, 0.1) is 26.4 Å². The second-order valence-corrected chi connectivity index (χ2v) is 19.3. The Labute approximate surface area is 371 Å². The lowest BCUT2D eigenvalue weighted by Crippen LogP contribution is -2.72. The molecule has 7 aromatic rings. The largest absolute Gasteiger partial charge is 0.476 e. The quantitative estimate of drug-likeness (QED) is 0.0967. The van der Waals surface area contributed by atoms with Gasteiger partial charge in [-0.3, -0.25) is 30.3 Å². The highest BCUT2D eigenvalue weighted by Crippen LogP contribution is 2.38. The summed E-state index contributed by atoms with van der Waals surface area (Å²) in [6.07, 6.45) is -1.09. The highest BCUT2D eigenvalue weighted by molar-refractivity contribution is 9.11. The number of nitrogens with zero attached hydrogens (tertiary/aromatic N) is 3. The van der Waals surface area contributed by atoms with E-state index in [9.17, 15) is 0 Å². The summed E-state index contributed by atoms with van der Waals surface area (Å²) in [5.41, 5.74) is 2.73. The summed E-state index contributed by atoms with van der Waals surface area (Å²) in [5.74, 6) is -2.19. The van der Waals surface area contributed by atoms with Gasteiger partial charge in [0, 0.05) is 0 Å². The van der Waals surface area contributed by atoms with E-state index in [1.807, 2.05) is 84.0 Å². The number of aromatic nitrogens is 3. The van der Waals surface area contributed by atoms with Gasteiger partial charge >= 0.3 is 0 Å². The topological polar surface area (TPSA) is 154 Å². The molecule has 0 bridgehead atoms. The van der Waals surface area contributed by atoms with Gasteiger partial charge in [-0.1, -0.05) is 75.9 Å². The number of ether oxygens (including phenoxy) is 3. The number of para-hydroxylation sites is 1. The molecule has 7 rings (SSSR count). The highest BCUT2D eigenvalue weighted by atomic mass is 79.9. The van der Waals surface area contributed by atoms with Crippen LogP contribution in [0.5, 0.6) is 17.2 Å². The molecule has 0 fully saturated rings. The van der Waals surface area contributed by atoms with E-state index in [1.165, 1.54) is 23.7 Å². The minimum absolute atomic E-state index is 0.106. The summed E-state index contributed by atoms with van der Waals surface area (Å²) in [5, 5.41) is 8.96. The van der Waals surface area contributed by atoms with Gasteiger partial charge < -0.3 is 14.2 Å². The minimum Gasteiger partial charge on any atom is -0.476 e. The molecule has 17 heteroatoms. The van der Waals surface area contributed by atoms with Crippen LogP contribution in [0, 0.1) is 41.5 Å².